The number of carbonyl (C=O) groups is 2. The molecule has 8 nitrogen and oxygen atoms in total. The number of aliphatic hydroxyl groups is 1. The summed E-state index contributed by atoms with van der Waals surface area (Å²) in [6.07, 6.45) is 4.64. The van der Waals surface area contributed by atoms with Crippen LogP contribution in [0, 0.1) is 23.7 Å². The second-order valence-electron chi connectivity index (χ2n) is 10.1. The van der Waals surface area contributed by atoms with Crippen molar-refractivity contribution >= 4 is 17.6 Å². The Morgan fingerprint density at radius 3 is 2.59 bits per heavy atom. The van der Waals surface area contributed by atoms with E-state index in [0.717, 1.165) is 54.7 Å². The molecular formula is C26H34N4O4. The predicted octanol–water partition coefficient (Wildman–Crippen LogP) is 3.17. The van der Waals surface area contributed by atoms with Gasteiger partial charge in [-0.25, -0.2) is 9.48 Å². The fraction of sp³-hybridized carbons (Fsp3) is 0.615. The van der Waals surface area contributed by atoms with Crippen LogP contribution in [0.2, 0.25) is 0 Å². The monoisotopic (exact) mass is 466 g/mol. The van der Waals surface area contributed by atoms with Gasteiger partial charge in [0.15, 0.2) is 0 Å². The molecular weight excluding hydrogens is 432 g/mol. The number of nitrogens with zero attached hydrogens (tertiary/aromatic N) is 4. The lowest BCUT2D eigenvalue weighted by Gasteiger charge is -2.45. The first kappa shape index (κ1) is 23.0. The van der Waals surface area contributed by atoms with Gasteiger partial charge in [-0.1, -0.05) is 19.1 Å². The lowest BCUT2D eigenvalue weighted by atomic mass is 9.80. The molecule has 6 atom stereocenters. The number of anilines is 1. The second-order valence-corrected chi connectivity index (χ2v) is 10.1. The van der Waals surface area contributed by atoms with E-state index in [1.165, 1.54) is 7.11 Å². The molecule has 1 aliphatic heterocycles. The van der Waals surface area contributed by atoms with Gasteiger partial charge in [-0.05, 0) is 68.1 Å². The molecule has 8 heteroatoms. The molecule has 5 rings (SSSR count). The van der Waals surface area contributed by atoms with Gasteiger partial charge in [0.1, 0.15) is 0 Å². The highest BCUT2D eigenvalue weighted by atomic mass is 16.5. The lowest BCUT2D eigenvalue weighted by molar-refractivity contribution is -0.117. The zero-order valence-electron chi connectivity index (χ0n) is 20.4. The van der Waals surface area contributed by atoms with Crippen LogP contribution in [0.5, 0.6) is 0 Å². The van der Waals surface area contributed by atoms with E-state index in [1.807, 2.05) is 17.0 Å². The first-order valence-corrected chi connectivity index (χ1v) is 12.5. The quantitative estimate of drug-likeness (QED) is 0.695. The predicted molar refractivity (Wildman–Crippen MR) is 127 cm³/mol. The van der Waals surface area contributed by atoms with E-state index in [4.69, 9.17) is 4.74 Å². The number of ether oxygens (including phenoxy) is 1. The number of esters is 1. The number of fused-ring (bicyclic) bond motifs is 3. The van der Waals surface area contributed by atoms with Gasteiger partial charge >= 0.3 is 5.97 Å². The molecule has 1 N–H and O–H groups in total. The van der Waals surface area contributed by atoms with E-state index in [-0.39, 0.29) is 30.5 Å². The summed E-state index contributed by atoms with van der Waals surface area (Å²) in [6.45, 7) is 6.14. The maximum atomic E-state index is 12.7. The van der Waals surface area contributed by atoms with Crippen LogP contribution in [-0.2, 0) is 22.4 Å². The molecule has 1 aromatic carbocycles. The van der Waals surface area contributed by atoms with Crippen molar-refractivity contribution in [2.24, 2.45) is 23.7 Å². The van der Waals surface area contributed by atoms with Gasteiger partial charge in [0.05, 0.1) is 30.1 Å². The number of benzene rings is 1. The summed E-state index contributed by atoms with van der Waals surface area (Å²) in [5, 5.41) is 19.0. The van der Waals surface area contributed by atoms with Crippen molar-refractivity contribution < 1.29 is 19.4 Å². The van der Waals surface area contributed by atoms with Crippen LogP contribution in [0.4, 0.5) is 5.69 Å². The van der Waals surface area contributed by atoms with Crippen LogP contribution >= 0.6 is 0 Å². The minimum absolute atomic E-state index is 0.00653. The van der Waals surface area contributed by atoms with E-state index in [1.54, 1.807) is 13.0 Å². The van der Waals surface area contributed by atoms with Crippen LogP contribution in [0.1, 0.15) is 73.4 Å². The van der Waals surface area contributed by atoms with E-state index in [0.29, 0.717) is 23.3 Å². The third-order valence-corrected chi connectivity index (χ3v) is 8.50. The number of hydrogen-bond donors (Lipinski definition) is 1. The van der Waals surface area contributed by atoms with Gasteiger partial charge in [0.25, 0.3) is 0 Å². The molecule has 34 heavy (non-hydrogen) atoms. The molecule has 2 aromatic rings. The van der Waals surface area contributed by atoms with E-state index in [2.05, 4.69) is 28.8 Å². The molecule has 0 bridgehead atoms. The third kappa shape index (κ3) is 3.54. The molecule has 1 saturated carbocycles. The van der Waals surface area contributed by atoms with Gasteiger partial charge in [-0.15, -0.1) is 5.10 Å². The minimum Gasteiger partial charge on any atom is -0.465 e. The van der Waals surface area contributed by atoms with Crippen LogP contribution in [0.3, 0.4) is 0 Å². The third-order valence-electron chi connectivity index (χ3n) is 8.50. The Bertz CT molecular complexity index is 1110. The summed E-state index contributed by atoms with van der Waals surface area (Å²) in [7, 11) is 1.38. The van der Waals surface area contributed by atoms with E-state index in [9.17, 15) is 14.7 Å². The molecule has 1 fully saturated rings. The summed E-state index contributed by atoms with van der Waals surface area (Å²) in [5.41, 5.74) is 4.39. The molecule has 0 radical (unpaired) electrons. The smallest absolute Gasteiger partial charge is 0.337 e. The molecule has 1 amide bonds. The zero-order valence-corrected chi connectivity index (χ0v) is 20.4. The Morgan fingerprint density at radius 1 is 1.21 bits per heavy atom. The average Bonchev–Trinajstić information content (AvgIpc) is 3.35. The SMILES string of the molecule is CC[C@H]1[C@@H](C)[C@H](n2nnc3c2CCC2C(CO)C2CC3)c2cc(C(=O)OC)ccc2N1C(C)=O. The normalized spacial score (nSPS) is 29.9. The Morgan fingerprint density at radius 2 is 1.94 bits per heavy atom. The Kier molecular flexibility index (Phi) is 5.96. The molecule has 1 aromatic heterocycles. The van der Waals surface area contributed by atoms with Crippen molar-refractivity contribution in [1.82, 2.24) is 15.0 Å². The van der Waals surface area contributed by atoms with Crippen molar-refractivity contribution in [2.45, 2.75) is 65.0 Å². The molecule has 3 unspecified atom stereocenters. The summed E-state index contributed by atoms with van der Waals surface area (Å²) < 4.78 is 7.05. The fourth-order valence-corrected chi connectivity index (χ4v) is 6.76. The van der Waals surface area contributed by atoms with Crippen LogP contribution in [0.25, 0.3) is 0 Å². The molecule has 0 spiro atoms. The average molecular weight is 467 g/mol. The number of aryl methyl sites for hydroxylation is 1. The molecule has 3 aliphatic rings. The Balaban J connectivity index is 1.61. The highest BCUT2D eigenvalue weighted by molar-refractivity contribution is 5.96. The number of aliphatic hydroxyl groups excluding tert-OH is 1. The van der Waals surface area contributed by atoms with Crippen molar-refractivity contribution in [3.8, 4) is 0 Å². The van der Waals surface area contributed by atoms with Gasteiger partial charge in [-0.2, -0.15) is 0 Å². The summed E-state index contributed by atoms with van der Waals surface area (Å²) >= 11 is 0. The van der Waals surface area contributed by atoms with Gasteiger partial charge in [0.2, 0.25) is 5.91 Å². The summed E-state index contributed by atoms with van der Waals surface area (Å²) in [6, 6.07) is 5.33. The topological polar surface area (TPSA) is 97.5 Å². The number of methoxy groups -OCH3 is 1. The van der Waals surface area contributed by atoms with Crippen LogP contribution < -0.4 is 4.90 Å². The lowest BCUT2D eigenvalue weighted by Crippen LogP contribution is -2.50. The molecule has 0 saturated heterocycles. The van der Waals surface area contributed by atoms with Crippen LogP contribution in [-0.4, -0.2) is 51.7 Å². The number of carbonyl (C=O) groups excluding carboxylic acids is 2. The maximum Gasteiger partial charge on any atom is 0.337 e. The maximum absolute atomic E-state index is 12.7. The Hall–Kier alpha value is -2.74. The minimum atomic E-state index is -0.398. The van der Waals surface area contributed by atoms with E-state index < -0.39 is 5.97 Å². The fourth-order valence-electron chi connectivity index (χ4n) is 6.76. The number of amides is 1. The first-order valence-electron chi connectivity index (χ1n) is 12.5. The number of hydrogen-bond acceptors (Lipinski definition) is 6. The molecule has 2 aliphatic carbocycles. The van der Waals surface area contributed by atoms with Gasteiger partial charge < -0.3 is 14.7 Å². The summed E-state index contributed by atoms with van der Waals surface area (Å²) in [5.74, 6) is 1.28. The standard InChI is InChI=1S/C26H34N4O4/c1-5-22-14(2)25(19-12-16(26(33)34-4)6-10-23(19)29(22)15(3)32)30-24-11-8-18-17(20(18)13-31)7-9-21(24)27-28-30/h6,10,12,14,17-18,20,22,25,31H,5,7-9,11,13H2,1-4H3/t14-,17?,18?,20?,22+,25+/m1/s1. The van der Waals surface area contributed by atoms with Crippen molar-refractivity contribution in [1.29, 1.82) is 0 Å². The summed E-state index contributed by atoms with van der Waals surface area (Å²) in [4.78, 5) is 27.0. The Labute approximate surface area is 200 Å². The zero-order chi connectivity index (χ0) is 24.1. The second kappa shape index (κ2) is 8.80. The van der Waals surface area contributed by atoms with Crippen molar-refractivity contribution in [3.05, 3.63) is 40.7 Å². The van der Waals surface area contributed by atoms with Crippen molar-refractivity contribution in [2.75, 3.05) is 18.6 Å². The number of rotatable bonds is 4. The molecule has 2 heterocycles. The highest BCUT2D eigenvalue weighted by Crippen LogP contribution is 2.53. The largest absolute Gasteiger partial charge is 0.465 e. The highest BCUT2D eigenvalue weighted by Gasteiger charge is 2.50. The first-order chi connectivity index (χ1) is 16.4. The molecule has 182 valence electrons. The van der Waals surface area contributed by atoms with Crippen molar-refractivity contribution in [3.63, 3.8) is 0 Å². The van der Waals surface area contributed by atoms with Gasteiger partial charge in [-0.3, -0.25) is 4.79 Å². The number of aromatic nitrogens is 3. The van der Waals surface area contributed by atoms with Gasteiger partial charge in [0, 0.05) is 36.7 Å². The van der Waals surface area contributed by atoms with E-state index >= 15 is 0 Å². The van der Waals surface area contributed by atoms with Crippen LogP contribution in [0.15, 0.2) is 18.2 Å².